The molecular formula is C8H18N8O4. The number of carboxylic acid groups (broad SMARTS) is 2. The van der Waals surface area contributed by atoms with Gasteiger partial charge in [-0.3, -0.25) is 9.59 Å². The Hall–Kier alpha value is -2.92. The Bertz CT molecular complexity index is 298. The van der Waals surface area contributed by atoms with E-state index in [1.807, 2.05) is 0 Å². The van der Waals surface area contributed by atoms with Crippen LogP contribution in [0.15, 0.2) is 20.4 Å². The summed E-state index contributed by atoms with van der Waals surface area (Å²) in [6, 6.07) is 0. The monoisotopic (exact) mass is 290 g/mol. The molecule has 0 bridgehead atoms. The lowest BCUT2D eigenvalue weighted by Crippen LogP contribution is -1.97. The minimum absolute atomic E-state index is 0.0628. The molecule has 0 saturated carbocycles. The van der Waals surface area contributed by atoms with E-state index in [-0.39, 0.29) is 12.8 Å². The molecule has 0 aliphatic rings. The number of aliphatic carboxylic acids is 2. The van der Waals surface area contributed by atoms with Crippen molar-refractivity contribution in [3.05, 3.63) is 0 Å². The lowest BCUT2D eigenvalue weighted by molar-refractivity contribution is -0.139. The fourth-order valence-electron chi connectivity index (χ4n) is 0.619. The summed E-state index contributed by atoms with van der Waals surface area (Å²) in [7, 11) is 0. The zero-order valence-corrected chi connectivity index (χ0v) is 10.6. The normalized spacial score (nSPS) is 9.00. The van der Waals surface area contributed by atoms with Gasteiger partial charge in [0.1, 0.15) is 0 Å². The second-order valence-electron chi connectivity index (χ2n) is 2.78. The van der Waals surface area contributed by atoms with Crippen LogP contribution >= 0.6 is 0 Å². The van der Waals surface area contributed by atoms with Gasteiger partial charge in [0, 0.05) is 12.8 Å². The van der Waals surface area contributed by atoms with Gasteiger partial charge >= 0.3 is 11.9 Å². The molecule has 0 atom stereocenters. The zero-order chi connectivity index (χ0) is 16.2. The number of carboxylic acids is 2. The molecule has 0 aliphatic heterocycles. The Labute approximate surface area is 114 Å². The molecule has 12 heteroatoms. The maximum atomic E-state index is 9.90. The Kier molecular flexibility index (Phi) is 23.8. The van der Waals surface area contributed by atoms with Gasteiger partial charge in [0.25, 0.3) is 0 Å². The fourth-order valence-corrected chi connectivity index (χ4v) is 0.619. The van der Waals surface area contributed by atoms with Crippen LogP contribution in [0.4, 0.5) is 0 Å². The van der Waals surface area contributed by atoms with Gasteiger partial charge in [-0.05, 0) is 12.8 Å². The molecule has 0 amide bonds. The Morgan fingerprint density at radius 3 is 1.30 bits per heavy atom. The summed E-state index contributed by atoms with van der Waals surface area (Å²) in [4.78, 5) is 19.8. The molecule has 0 aliphatic carbocycles. The van der Waals surface area contributed by atoms with E-state index in [4.69, 9.17) is 21.3 Å². The van der Waals surface area contributed by atoms with Crippen molar-refractivity contribution >= 4 is 24.6 Å². The predicted molar refractivity (Wildman–Crippen MR) is 69.4 cm³/mol. The molecule has 8 N–H and O–H groups in total. The van der Waals surface area contributed by atoms with Crippen LogP contribution in [0, 0.1) is 11.1 Å². The van der Waals surface area contributed by atoms with Gasteiger partial charge in [0.2, 0.25) is 0 Å². The Morgan fingerprint density at radius 2 is 1.20 bits per heavy atom. The topological polar surface area (TPSA) is 224 Å². The number of nitrogens with one attached hydrogen (secondary N) is 2. The number of rotatable bonds is 7. The van der Waals surface area contributed by atoms with Gasteiger partial charge in [-0.25, -0.2) is 11.1 Å². The number of carbonyl (C=O) groups is 2. The number of hydrazone groups is 2. The second kappa shape index (κ2) is 21.4. The maximum absolute atomic E-state index is 9.90. The molecule has 0 heterocycles. The third-order valence-corrected chi connectivity index (χ3v) is 1.28. The van der Waals surface area contributed by atoms with Crippen LogP contribution in [0.25, 0.3) is 0 Å². The number of hydrogen-bond donors (Lipinski definition) is 6. The van der Waals surface area contributed by atoms with Crippen LogP contribution in [0.3, 0.4) is 0 Å². The molecule has 0 fully saturated rings. The highest BCUT2D eigenvalue weighted by Gasteiger charge is 1.99. The molecule has 20 heavy (non-hydrogen) atoms. The van der Waals surface area contributed by atoms with Crippen molar-refractivity contribution in [3.63, 3.8) is 0 Å². The van der Waals surface area contributed by atoms with E-state index >= 15 is 0 Å². The number of nitrogens with two attached hydrogens (primary N) is 2. The molecule has 0 aromatic carbocycles. The van der Waals surface area contributed by atoms with Gasteiger partial charge in [-0.1, -0.05) is 0 Å². The third kappa shape index (κ3) is 45.8. The van der Waals surface area contributed by atoms with E-state index in [0.717, 1.165) is 12.7 Å². The summed E-state index contributed by atoms with van der Waals surface area (Å²) in [6.07, 6.45) is 2.91. The smallest absolute Gasteiger partial charge is 0.303 e. The van der Waals surface area contributed by atoms with Crippen LogP contribution in [0.2, 0.25) is 0 Å². The summed E-state index contributed by atoms with van der Waals surface area (Å²) >= 11 is 0. The van der Waals surface area contributed by atoms with E-state index < -0.39 is 11.9 Å². The molecule has 114 valence electrons. The van der Waals surface area contributed by atoms with Crippen molar-refractivity contribution in [2.24, 2.45) is 32.1 Å². The molecule has 0 radical (unpaired) electrons. The SMILES string of the molecule is N=NC=NN.N=NC=NN.O=C(O)CCCCC(=O)O. The van der Waals surface area contributed by atoms with Gasteiger partial charge in [0.15, 0.2) is 12.7 Å². The first kappa shape index (κ1) is 22.3. The van der Waals surface area contributed by atoms with Crippen LogP contribution < -0.4 is 11.7 Å². The van der Waals surface area contributed by atoms with Crippen molar-refractivity contribution < 1.29 is 19.8 Å². The molecular weight excluding hydrogens is 272 g/mol. The summed E-state index contributed by atoms with van der Waals surface area (Å²) in [5, 5.41) is 27.4. The van der Waals surface area contributed by atoms with E-state index in [0.29, 0.717) is 12.8 Å². The second-order valence-corrected chi connectivity index (χ2v) is 2.78. The number of hydrogen-bond acceptors (Lipinski definition) is 8. The molecule has 0 aromatic rings. The first-order valence-corrected chi connectivity index (χ1v) is 5.06. The third-order valence-electron chi connectivity index (χ3n) is 1.28. The summed E-state index contributed by atoms with van der Waals surface area (Å²) in [5.41, 5.74) is 12.0. The largest absolute Gasteiger partial charge is 0.481 e. The number of nitrogens with zero attached hydrogens (tertiary/aromatic N) is 4. The van der Waals surface area contributed by atoms with Gasteiger partial charge in [-0.15, -0.1) is 10.2 Å². The van der Waals surface area contributed by atoms with E-state index in [1.165, 1.54) is 0 Å². The fraction of sp³-hybridized carbons (Fsp3) is 0.500. The van der Waals surface area contributed by atoms with Crippen molar-refractivity contribution in [1.29, 1.82) is 11.1 Å². The van der Waals surface area contributed by atoms with E-state index in [9.17, 15) is 9.59 Å². The number of unbranched alkanes of at least 4 members (excludes halogenated alkanes) is 1. The molecule has 0 aromatic heterocycles. The molecule has 0 unspecified atom stereocenters. The predicted octanol–water partition coefficient (Wildman–Crippen LogP) is 0.555. The molecule has 12 nitrogen and oxygen atoms in total. The van der Waals surface area contributed by atoms with E-state index in [2.05, 4.69) is 32.1 Å². The van der Waals surface area contributed by atoms with Crippen molar-refractivity contribution in [1.82, 2.24) is 0 Å². The quantitative estimate of drug-likeness (QED) is 0.0978. The van der Waals surface area contributed by atoms with Crippen LogP contribution in [0.1, 0.15) is 25.7 Å². The van der Waals surface area contributed by atoms with E-state index in [1.54, 1.807) is 0 Å². The summed E-state index contributed by atoms with van der Waals surface area (Å²) in [5.74, 6) is 7.25. The van der Waals surface area contributed by atoms with Gasteiger partial charge < -0.3 is 21.9 Å². The summed E-state index contributed by atoms with van der Waals surface area (Å²) < 4.78 is 0. The van der Waals surface area contributed by atoms with Gasteiger partial charge in [-0.2, -0.15) is 10.2 Å². The standard InChI is InChI=1S/C6H10O4.2CH4N4/c7-5(8)3-1-2-4-6(9)10;2*2-4-1-5-3/h1-4H2,(H,7,8)(H,9,10);2*1-2H,3H2. The van der Waals surface area contributed by atoms with Crippen molar-refractivity contribution in [3.8, 4) is 0 Å². The minimum Gasteiger partial charge on any atom is -0.481 e. The highest BCUT2D eigenvalue weighted by Crippen LogP contribution is 1.98. The Morgan fingerprint density at radius 1 is 0.900 bits per heavy atom. The highest BCUT2D eigenvalue weighted by atomic mass is 16.4. The van der Waals surface area contributed by atoms with Crippen molar-refractivity contribution in [2.45, 2.75) is 25.7 Å². The average Bonchev–Trinajstić information content (AvgIpc) is 2.38. The highest BCUT2D eigenvalue weighted by molar-refractivity contribution is 5.67. The first-order valence-electron chi connectivity index (χ1n) is 5.06. The van der Waals surface area contributed by atoms with Crippen LogP contribution in [0.5, 0.6) is 0 Å². The summed E-state index contributed by atoms with van der Waals surface area (Å²) in [6.45, 7) is 0. The van der Waals surface area contributed by atoms with Gasteiger partial charge in [0.05, 0.1) is 0 Å². The Balaban J connectivity index is -0.000000244. The van der Waals surface area contributed by atoms with Crippen LogP contribution in [-0.4, -0.2) is 34.8 Å². The molecule has 0 spiro atoms. The molecule has 0 saturated heterocycles. The average molecular weight is 290 g/mol. The lowest BCUT2D eigenvalue weighted by Gasteiger charge is -1.92. The zero-order valence-electron chi connectivity index (χ0n) is 10.6. The molecule has 0 rings (SSSR count). The minimum atomic E-state index is -0.870. The van der Waals surface area contributed by atoms with Crippen molar-refractivity contribution in [2.75, 3.05) is 0 Å². The lowest BCUT2D eigenvalue weighted by atomic mass is 10.2. The van der Waals surface area contributed by atoms with Crippen LogP contribution in [-0.2, 0) is 9.59 Å². The maximum Gasteiger partial charge on any atom is 0.303 e. The first-order chi connectivity index (χ1) is 9.45.